The number of nitrogens with one attached hydrogen (secondary N) is 4. The molecule has 0 spiro atoms. The van der Waals surface area contributed by atoms with Crippen LogP contribution in [0.3, 0.4) is 0 Å². The number of amides is 2. The van der Waals surface area contributed by atoms with Crippen LogP contribution in [0.15, 0.2) is 0 Å². The van der Waals surface area contributed by atoms with Crippen molar-refractivity contribution >= 4 is 11.8 Å². The quantitative estimate of drug-likeness (QED) is 0.337. The van der Waals surface area contributed by atoms with Crippen molar-refractivity contribution in [2.75, 3.05) is 40.3 Å². The van der Waals surface area contributed by atoms with Crippen molar-refractivity contribution in [3.05, 3.63) is 0 Å². The molecule has 0 saturated heterocycles. The second-order valence-electron chi connectivity index (χ2n) is 5.47. The van der Waals surface area contributed by atoms with Crippen LogP contribution < -0.4 is 21.3 Å². The topological polar surface area (TPSA) is 82.3 Å². The average Bonchev–Trinajstić information content (AvgIpc) is 2.54. The molecule has 0 aromatic carbocycles. The Morgan fingerprint density at radius 1 is 0.591 bits per heavy atom. The molecule has 0 atom stereocenters. The van der Waals surface area contributed by atoms with E-state index in [0.29, 0.717) is 12.8 Å². The van der Waals surface area contributed by atoms with E-state index in [4.69, 9.17) is 0 Å². The molecule has 0 aromatic rings. The number of unbranched alkanes of at least 4 members (excludes halogenated alkanes) is 4. The van der Waals surface area contributed by atoms with E-state index in [1.807, 2.05) is 0 Å². The summed E-state index contributed by atoms with van der Waals surface area (Å²) >= 11 is 0. The van der Waals surface area contributed by atoms with E-state index in [1.54, 1.807) is 14.1 Å². The Balaban J connectivity index is 3.05. The minimum atomic E-state index is 0.0898. The van der Waals surface area contributed by atoms with E-state index in [1.165, 1.54) is 12.8 Å². The van der Waals surface area contributed by atoms with Crippen molar-refractivity contribution in [2.24, 2.45) is 0 Å². The van der Waals surface area contributed by atoms with Crippen LogP contribution in [0.5, 0.6) is 0 Å². The van der Waals surface area contributed by atoms with Gasteiger partial charge in [-0.1, -0.05) is 12.8 Å². The predicted molar refractivity (Wildman–Crippen MR) is 90.8 cm³/mol. The summed E-state index contributed by atoms with van der Waals surface area (Å²) in [6, 6.07) is 0. The Morgan fingerprint density at radius 2 is 1.05 bits per heavy atom. The number of hydrogen-bond acceptors (Lipinski definition) is 4. The van der Waals surface area contributed by atoms with Gasteiger partial charge in [-0.3, -0.25) is 9.59 Å². The minimum absolute atomic E-state index is 0.0898. The highest BCUT2D eigenvalue weighted by atomic mass is 16.2. The van der Waals surface area contributed by atoms with Gasteiger partial charge < -0.3 is 21.3 Å². The lowest BCUT2D eigenvalue weighted by atomic mass is 10.2. The van der Waals surface area contributed by atoms with E-state index in [9.17, 15) is 9.59 Å². The summed E-state index contributed by atoms with van der Waals surface area (Å²) in [6.07, 6.45) is 7.96. The van der Waals surface area contributed by atoms with Crippen molar-refractivity contribution in [3.63, 3.8) is 0 Å². The monoisotopic (exact) mass is 314 g/mol. The third-order valence-electron chi connectivity index (χ3n) is 3.55. The zero-order chi connectivity index (χ0) is 16.5. The minimum Gasteiger partial charge on any atom is -0.359 e. The SMILES string of the molecule is CNC(=O)CCCCCNCCCCCNCCC(=O)NC. The third-order valence-corrected chi connectivity index (χ3v) is 3.55. The van der Waals surface area contributed by atoms with Crippen LogP contribution in [-0.2, 0) is 9.59 Å². The highest BCUT2D eigenvalue weighted by Gasteiger charge is 1.97. The number of rotatable bonds is 15. The summed E-state index contributed by atoms with van der Waals surface area (Å²) in [6.45, 7) is 3.84. The lowest BCUT2D eigenvalue weighted by Crippen LogP contribution is -2.25. The fourth-order valence-corrected chi connectivity index (χ4v) is 2.09. The van der Waals surface area contributed by atoms with Crippen molar-refractivity contribution in [2.45, 2.75) is 51.4 Å². The van der Waals surface area contributed by atoms with Gasteiger partial charge in [0.25, 0.3) is 0 Å². The Hall–Kier alpha value is -1.14. The number of hydrogen-bond donors (Lipinski definition) is 4. The van der Waals surface area contributed by atoms with Crippen LogP contribution in [-0.4, -0.2) is 52.1 Å². The molecule has 0 aliphatic rings. The maximum Gasteiger partial charge on any atom is 0.221 e. The zero-order valence-corrected chi connectivity index (χ0v) is 14.3. The van der Waals surface area contributed by atoms with Crippen LogP contribution in [0.4, 0.5) is 0 Å². The van der Waals surface area contributed by atoms with Gasteiger partial charge >= 0.3 is 0 Å². The van der Waals surface area contributed by atoms with Gasteiger partial charge in [0.1, 0.15) is 0 Å². The maximum absolute atomic E-state index is 11.0. The van der Waals surface area contributed by atoms with Crippen molar-refractivity contribution in [1.82, 2.24) is 21.3 Å². The van der Waals surface area contributed by atoms with E-state index >= 15 is 0 Å². The molecule has 130 valence electrons. The Labute approximate surface area is 135 Å². The smallest absolute Gasteiger partial charge is 0.221 e. The highest BCUT2D eigenvalue weighted by molar-refractivity contribution is 5.75. The van der Waals surface area contributed by atoms with Crippen molar-refractivity contribution in [1.29, 1.82) is 0 Å². The molecule has 0 aliphatic carbocycles. The molecule has 0 aliphatic heterocycles. The van der Waals surface area contributed by atoms with E-state index in [-0.39, 0.29) is 11.8 Å². The Morgan fingerprint density at radius 3 is 1.59 bits per heavy atom. The van der Waals surface area contributed by atoms with Gasteiger partial charge in [-0.25, -0.2) is 0 Å². The molecule has 6 heteroatoms. The molecule has 0 heterocycles. The summed E-state index contributed by atoms with van der Waals surface area (Å²) in [5, 5.41) is 12.0. The van der Waals surface area contributed by atoms with Gasteiger partial charge in [0, 0.05) is 33.5 Å². The van der Waals surface area contributed by atoms with Crippen LogP contribution in [0.1, 0.15) is 51.4 Å². The molecule has 0 bridgehead atoms. The van der Waals surface area contributed by atoms with Crippen LogP contribution in [0, 0.1) is 0 Å². The molecule has 4 N–H and O–H groups in total. The van der Waals surface area contributed by atoms with Gasteiger partial charge in [-0.15, -0.1) is 0 Å². The molecule has 0 radical (unpaired) electrons. The third kappa shape index (κ3) is 15.3. The highest BCUT2D eigenvalue weighted by Crippen LogP contribution is 1.99. The van der Waals surface area contributed by atoms with Gasteiger partial charge in [0.2, 0.25) is 11.8 Å². The molecule has 0 unspecified atom stereocenters. The predicted octanol–water partition coefficient (Wildman–Crippen LogP) is 0.778. The fourth-order valence-electron chi connectivity index (χ4n) is 2.09. The molecule has 0 fully saturated rings. The van der Waals surface area contributed by atoms with E-state index < -0.39 is 0 Å². The first kappa shape index (κ1) is 20.9. The molecule has 0 rings (SSSR count). The molecule has 2 amide bonds. The average molecular weight is 314 g/mol. The molecular weight excluding hydrogens is 280 g/mol. The molecule has 0 saturated carbocycles. The van der Waals surface area contributed by atoms with E-state index in [0.717, 1.165) is 51.9 Å². The van der Waals surface area contributed by atoms with Crippen LogP contribution in [0.25, 0.3) is 0 Å². The maximum atomic E-state index is 11.0. The Kier molecular flexibility index (Phi) is 15.4. The van der Waals surface area contributed by atoms with E-state index in [2.05, 4.69) is 21.3 Å². The van der Waals surface area contributed by atoms with Gasteiger partial charge in [-0.05, 0) is 45.3 Å². The molecular formula is C16H34N4O2. The molecule has 6 nitrogen and oxygen atoms in total. The first-order chi connectivity index (χ1) is 10.7. The first-order valence-corrected chi connectivity index (χ1v) is 8.53. The summed E-state index contributed by atoms with van der Waals surface area (Å²) in [7, 11) is 3.35. The summed E-state index contributed by atoms with van der Waals surface area (Å²) in [5.74, 6) is 0.226. The standard InChI is InChI=1S/C16H34N4O2/c1-17-15(21)9-5-3-6-11-19-12-7-4-8-13-20-14-10-16(22)18-2/h19-20H,3-14H2,1-2H3,(H,17,21)(H,18,22). The van der Waals surface area contributed by atoms with Crippen molar-refractivity contribution in [3.8, 4) is 0 Å². The zero-order valence-electron chi connectivity index (χ0n) is 14.3. The largest absolute Gasteiger partial charge is 0.359 e. The summed E-state index contributed by atoms with van der Waals surface area (Å²) in [4.78, 5) is 22.0. The summed E-state index contributed by atoms with van der Waals surface area (Å²) < 4.78 is 0. The lowest BCUT2D eigenvalue weighted by Gasteiger charge is -2.06. The number of carbonyl (C=O) groups is 2. The first-order valence-electron chi connectivity index (χ1n) is 8.53. The molecule has 22 heavy (non-hydrogen) atoms. The van der Waals surface area contributed by atoms with Gasteiger partial charge in [0.05, 0.1) is 0 Å². The second kappa shape index (κ2) is 16.2. The fraction of sp³-hybridized carbons (Fsp3) is 0.875. The van der Waals surface area contributed by atoms with Crippen LogP contribution in [0.2, 0.25) is 0 Å². The lowest BCUT2D eigenvalue weighted by molar-refractivity contribution is -0.121. The van der Waals surface area contributed by atoms with Crippen molar-refractivity contribution < 1.29 is 9.59 Å². The normalized spacial score (nSPS) is 10.5. The summed E-state index contributed by atoms with van der Waals surface area (Å²) in [5.41, 5.74) is 0. The van der Waals surface area contributed by atoms with Gasteiger partial charge in [0.15, 0.2) is 0 Å². The molecule has 0 aromatic heterocycles. The van der Waals surface area contributed by atoms with Crippen LogP contribution >= 0.6 is 0 Å². The van der Waals surface area contributed by atoms with Gasteiger partial charge in [-0.2, -0.15) is 0 Å². The second-order valence-corrected chi connectivity index (χ2v) is 5.47. The Bertz CT molecular complexity index is 257. The number of carbonyl (C=O) groups excluding carboxylic acids is 2.